The summed E-state index contributed by atoms with van der Waals surface area (Å²) in [6, 6.07) is 7.29. The number of methoxy groups -OCH3 is 1. The molecule has 2 aliphatic heterocycles. The molecule has 1 N–H and O–H groups in total. The Kier molecular flexibility index (Phi) is 6.67. The lowest BCUT2D eigenvalue weighted by Crippen LogP contribution is -2.32. The number of carbonyl (C=O) groups is 1. The Morgan fingerprint density at radius 3 is 2.64 bits per heavy atom. The zero-order valence-electron chi connectivity index (χ0n) is 16.4. The Hall–Kier alpha value is -1.58. The summed E-state index contributed by atoms with van der Waals surface area (Å²) in [7, 11) is -1.37. The molecule has 2 aliphatic rings. The number of aliphatic imine (C=N–C) groups is 1. The number of carbonyl (C=O) groups excluding carboxylic acids is 1. The third-order valence-corrected chi connectivity index (χ3v) is 7.86. The molecule has 0 radical (unpaired) electrons. The second-order valence-electron chi connectivity index (χ2n) is 7.51. The zero-order chi connectivity index (χ0) is 20.3. The fourth-order valence-electron chi connectivity index (χ4n) is 3.29. The molecule has 0 spiro atoms. The third kappa shape index (κ3) is 5.07. The van der Waals surface area contributed by atoms with Gasteiger partial charge in [0.05, 0.1) is 24.2 Å². The van der Waals surface area contributed by atoms with Crippen LogP contribution in [0.4, 0.5) is 5.69 Å². The van der Waals surface area contributed by atoms with E-state index in [0.717, 1.165) is 17.4 Å². The van der Waals surface area contributed by atoms with Gasteiger partial charge in [-0.15, -0.1) is 0 Å². The molecule has 1 aromatic carbocycles. The topological polar surface area (TPSA) is 88.1 Å². The van der Waals surface area contributed by atoms with Crippen LogP contribution in [0.1, 0.15) is 24.2 Å². The first-order chi connectivity index (χ1) is 13.3. The highest BCUT2D eigenvalue weighted by Gasteiger charge is 2.44. The van der Waals surface area contributed by atoms with Gasteiger partial charge < -0.3 is 15.0 Å². The average Bonchev–Trinajstić information content (AvgIpc) is 3.13. The summed E-state index contributed by atoms with van der Waals surface area (Å²) in [6.07, 6.45) is 0. The number of thioether (sulfide) groups is 1. The van der Waals surface area contributed by atoms with Gasteiger partial charge in [0, 0.05) is 36.7 Å². The molecule has 1 fully saturated rings. The molecule has 1 aromatic rings. The highest BCUT2D eigenvalue weighted by Crippen LogP contribution is 2.37. The Labute approximate surface area is 170 Å². The Morgan fingerprint density at radius 1 is 1.32 bits per heavy atom. The Morgan fingerprint density at radius 2 is 2.04 bits per heavy atom. The van der Waals surface area contributed by atoms with Gasteiger partial charge in [-0.2, -0.15) is 0 Å². The van der Waals surface area contributed by atoms with Crippen molar-refractivity contribution in [2.24, 2.45) is 10.9 Å². The number of hydrogen-bond acceptors (Lipinski definition) is 7. The van der Waals surface area contributed by atoms with E-state index >= 15 is 0 Å². The van der Waals surface area contributed by atoms with Crippen molar-refractivity contribution in [3.05, 3.63) is 29.8 Å². The maximum absolute atomic E-state index is 12.2. The van der Waals surface area contributed by atoms with Gasteiger partial charge in [-0.25, -0.2) is 8.42 Å². The largest absolute Gasteiger partial charge is 0.383 e. The maximum Gasteiger partial charge on any atom is 0.251 e. The molecule has 3 rings (SSSR count). The molecule has 0 bridgehead atoms. The van der Waals surface area contributed by atoms with Gasteiger partial charge in [-0.1, -0.05) is 25.6 Å². The second-order valence-corrected chi connectivity index (χ2v) is 10.9. The smallest absolute Gasteiger partial charge is 0.251 e. The molecule has 0 aromatic heterocycles. The number of benzene rings is 1. The van der Waals surface area contributed by atoms with Crippen molar-refractivity contribution in [1.82, 2.24) is 5.32 Å². The van der Waals surface area contributed by atoms with Crippen LogP contribution in [-0.2, 0) is 14.6 Å². The van der Waals surface area contributed by atoms with Crippen LogP contribution < -0.4 is 10.2 Å². The van der Waals surface area contributed by atoms with Crippen LogP contribution >= 0.6 is 11.8 Å². The van der Waals surface area contributed by atoms with E-state index in [0.29, 0.717) is 24.6 Å². The van der Waals surface area contributed by atoms with Crippen molar-refractivity contribution in [3.8, 4) is 0 Å². The van der Waals surface area contributed by atoms with E-state index in [2.05, 4.69) is 24.1 Å². The molecule has 2 atom stereocenters. The van der Waals surface area contributed by atoms with Crippen LogP contribution in [0.2, 0.25) is 0 Å². The minimum Gasteiger partial charge on any atom is -0.383 e. The van der Waals surface area contributed by atoms with Crippen molar-refractivity contribution < 1.29 is 17.9 Å². The lowest BCUT2D eigenvalue weighted by atomic mass is 10.1. The summed E-state index contributed by atoms with van der Waals surface area (Å²) in [5.74, 6) is 0.617. The van der Waals surface area contributed by atoms with Crippen molar-refractivity contribution in [2.75, 3.05) is 43.2 Å². The molecule has 2 heterocycles. The minimum absolute atomic E-state index is 0.0143. The van der Waals surface area contributed by atoms with Crippen molar-refractivity contribution in [1.29, 1.82) is 0 Å². The van der Waals surface area contributed by atoms with E-state index in [4.69, 9.17) is 9.73 Å². The minimum atomic E-state index is -2.97. The summed E-state index contributed by atoms with van der Waals surface area (Å²) in [4.78, 5) is 19.0. The monoisotopic (exact) mass is 425 g/mol. The van der Waals surface area contributed by atoms with Crippen LogP contribution in [0.3, 0.4) is 0 Å². The fourth-order valence-corrected chi connectivity index (χ4v) is 7.08. The van der Waals surface area contributed by atoms with Crippen LogP contribution in [-0.4, -0.2) is 69.1 Å². The van der Waals surface area contributed by atoms with E-state index in [1.54, 1.807) is 31.0 Å². The summed E-state index contributed by atoms with van der Waals surface area (Å²) in [6.45, 7) is 5.99. The Balaban J connectivity index is 1.75. The summed E-state index contributed by atoms with van der Waals surface area (Å²) in [5.41, 5.74) is 1.55. The molecular weight excluding hydrogens is 398 g/mol. The highest BCUT2D eigenvalue weighted by molar-refractivity contribution is 8.15. The summed E-state index contributed by atoms with van der Waals surface area (Å²) < 4.78 is 28.6. The van der Waals surface area contributed by atoms with Crippen molar-refractivity contribution in [2.45, 2.75) is 25.1 Å². The lowest BCUT2D eigenvalue weighted by molar-refractivity contribution is 0.0937. The highest BCUT2D eigenvalue weighted by atomic mass is 32.2. The molecule has 28 heavy (non-hydrogen) atoms. The number of fused-ring (bicyclic) bond motifs is 1. The van der Waals surface area contributed by atoms with E-state index in [9.17, 15) is 13.2 Å². The normalized spacial score (nSPS) is 22.8. The van der Waals surface area contributed by atoms with Gasteiger partial charge in [0.2, 0.25) is 0 Å². The van der Waals surface area contributed by atoms with Crippen LogP contribution in [0.25, 0.3) is 0 Å². The third-order valence-electron chi connectivity index (χ3n) is 4.62. The van der Waals surface area contributed by atoms with Gasteiger partial charge in [0.15, 0.2) is 15.0 Å². The van der Waals surface area contributed by atoms with Gasteiger partial charge in [-0.3, -0.25) is 9.79 Å². The van der Waals surface area contributed by atoms with Gasteiger partial charge >= 0.3 is 0 Å². The molecule has 0 saturated carbocycles. The molecular formula is C19H27N3O4S2. The van der Waals surface area contributed by atoms with Crippen molar-refractivity contribution >= 4 is 38.4 Å². The van der Waals surface area contributed by atoms with Crippen LogP contribution in [0.15, 0.2) is 29.3 Å². The number of nitrogens with one attached hydrogen (secondary N) is 1. The fraction of sp³-hybridized carbons (Fsp3) is 0.579. The van der Waals surface area contributed by atoms with Gasteiger partial charge in [0.1, 0.15) is 0 Å². The number of amides is 1. The first-order valence-corrected chi connectivity index (χ1v) is 12.1. The number of rotatable bonds is 7. The molecule has 0 aliphatic carbocycles. The van der Waals surface area contributed by atoms with Crippen LogP contribution in [0.5, 0.6) is 0 Å². The summed E-state index contributed by atoms with van der Waals surface area (Å²) in [5, 5.41) is 3.69. The quantitative estimate of drug-likeness (QED) is 0.670. The molecule has 154 valence electrons. The zero-order valence-corrected chi connectivity index (χ0v) is 18.1. The number of nitrogens with zero attached hydrogens (tertiary/aromatic N) is 2. The number of sulfone groups is 1. The first-order valence-electron chi connectivity index (χ1n) is 9.38. The van der Waals surface area contributed by atoms with E-state index in [1.165, 1.54) is 0 Å². The average molecular weight is 426 g/mol. The van der Waals surface area contributed by atoms with Crippen molar-refractivity contribution in [3.63, 3.8) is 0 Å². The predicted octanol–water partition coefficient (Wildman–Crippen LogP) is 1.79. The Bertz CT molecular complexity index is 837. The predicted molar refractivity (Wildman–Crippen MR) is 114 cm³/mol. The number of ether oxygens (including phenoxy) is 1. The molecule has 1 amide bonds. The molecule has 2 unspecified atom stereocenters. The van der Waals surface area contributed by atoms with E-state index in [1.807, 2.05) is 12.1 Å². The molecule has 1 saturated heterocycles. The number of amidine groups is 1. The second kappa shape index (κ2) is 8.84. The van der Waals surface area contributed by atoms with Gasteiger partial charge in [0.25, 0.3) is 5.91 Å². The van der Waals surface area contributed by atoms with E-state index in [-0.39, 0.29) is 28.7 Å². The van der Waals surface area contributed by atoms with Crippen LogP contribution in [0, 0.1) is 5.92 Å². The van der Waals surface area contributed by atoms with E-state index < -0.39 is 9.84 Å². The molecule has 9 heteroatoms. The molecule has 7 nitrogen and oxygen atoms in total. The van der Waals surface area contributed by atoms with Gasteiger partial charge in [-0.05, 0) is 30.2 Å². The first kappa shape index (κ1) is 21.1. The maximum atomic E-state index is 12.2. The SMILES string of the molecule is COCCNC(=O)c1ccc(N(CC(C)C)C2=NC3CS(=O)(=O)CC3S2)cc1. The summed E-state index contributed by atoms with van der Waals surface area (Å²) >= 11 is 1.56. The number of anilines is 1. The lowest BCUT2D eigenvalue weighted by Gasteiger charge is -2.26. The standard InChI is InChI=1S/C19H27N3O4S2/c1-13(2)10-22(19-21-16-11-28(24,25)12-17(16)27-19)15-6-4-14(5-7-15)18(23)20-8-9-26-3/h4-7,13,16-17H,8-12H2,1-3H3,(H,20,23). The number of hydrogen-bond donors (Lipinski definition) is 1.